The Kier molecular flexibility index (Phi) is 5.73. The molecule has 0 saturated heterocycles. The van der Waals surface area contributed by atoms with Crippen LogP contribution in [0.3, 0.4) is 0 Å². The molecule has 2 aromatic rings. The Morgan fingerprint density at radius 3 is 2.14 bits per heavy atom. The van der Waals surface area contributed by atoms with Gasteiger partial charge in [0.25, 0.3) is 0 Å². The predicted octanol–water partition coefficient (Wildman–Crippen LogP) is 3.46. The van der Waals surface area contributed by atoms with E-state index >= 15 is 0 Å². The van der Waals surface area contributed by atoms with Crippen LogP contribution in [0.1, 0.15) is 19.8 Å². The second kappa shape index (κ2) is 8.21. The van der Waals surface area contributed by atoms with Crippen molar-refractivity contribution in [3.63, 3.8) is 0 Å². The minimum absolute atomic E-state index is 0.343. The zero-order valence-corrected chi connectivity index (χ0v) is 16.2. The lowest BCUT2D eigenvalue weighted by Gasteiger charge is -2.18. The number of methoxy groups -OCH3 is 2. The molecule has 0 radical (unpaired) electrons. The van der Waals surface area contributed by atoms with E-state index in [1.165, 1.54) is 7.11 Å². The summed E-state index contributed by atoms with van der Waals surface area (Å²) in [6.45, 7) is 2.35. The van der Waals surface area contributed by atoms with Crippen molar-refractivity contribution in [3.05, 3.63) is 42.5 Å². The molecule has 0 aliphatic heterocycles. The third-order valence-electron chi connectivity index (χ3n) is 4.71. The Morgan fingerprint density at radius 2 is 1.57 bits per heavy atom. The average Bonchev–Trinajstić information content (AvgIpc) is 3.52. The van der Waals surface area contributed by atoms with E-state index in [9.17, 15) is 9.59 Å². The molecule has 1 aliphatic rings. The van der Waals surface area contributed by atoms with E-state index in [2.05, 4.69) is 10.6 Å². The fraction of sp³-hybridized carbons (Fsp3) is 0.333. The normalized spacial score (nSPS) is 14.0. The van der Waals surface area contributed by atoms with E-state index < -0.39 is 5.41 Å². The summed E-state index contributed by atoms with van der Waals surface area (Å²) in [4.78, 5) is 25.7. The van der Waals surface area contributed by atoms with Crippen LogP contribution in [-0.2, 0) is 9.59 Å². The van der Waals surface area contributed by atoms with E-state index in [-0.39, 0.29) is 11.8 Å². The average molecular weight is 384 g/mol. The second-order valence-corrected chi connectivity index (χ2v) is 6.49. The number of benzene rings is 2. The molecule has 1 saturated carbocycles. The molecule has 1 aliphatic carbocycles. The summed E-state index contributed by atoms with van der Waals surface area (Å²) < 4.78 is 16.0. The maximum atomic E-state index is 12.9. The fourth-order valence-corrected chi connectivity index (χ4v) is 2.92. The van der Waals surface area contributed by atoms with Crippen LogP contribution in [0.2, 0.25) is 0 Å². The molecule has 0 bridgehead atoms. The first kappa shape index (κ1) is 19.5. The van der Waals surface area contributed by atoms with Gasteiger partial charge in [-0.2, -0.15) is 0 Å². The lowest BCUT2D eigenvalue weighted by atomic mass is 10.0. The molecular formula is C21H24N2O5. The van der Waals surface area contributed by atoms with Crippen molar-refractivity contribution in [2.45, 2.75) is 19.8 Å². The summed E-state index contributed by atoms with van der Waals surface area (Å²) >= 11 is 0. The summed E-state index contributed by atoms with van der Waals surface area (Å²) in [6.07, 6.45) is 0.972. The second-order valence-electron chi connectivity index (χ2n) is 6.49. The van der Waals surface area contributed by atoms with Crippen molar-refractivity contribution in [2.24, 2.45) is 5.41 Å². The van der Waals surface area contributed by atoms with Gasteiger partial charge in [0, 0.05) is 6.07 Å². The van der Waals surface area contributed by atoms with Crippen LogP contribution in [0, 0.1) is 5.41 Å². The Balaban J connectivity index is 1.75. The molecule has 2 N–H and O–H groups in total. The van der Waals surface area contributed by atoms with Crippen LogP contribution >= 0.6 is 0 Å². The lowest BCUT2D eigenvalue weighted by Crippen LogP contribution is -2.35. The molecule has 0 spiro atoms. The molecule has 2 amide bonds. The van der Waals surface area contributed by atoms with Crippen LogP contribution in [0.25, 0.3) is 0 Å². The number of hydrogen-bond acceptors (Lipinski definition) is 5. The minimum atomic E-state index is -1.09. The molecule has 7 heteroatoms. The van der Waals surface area contributed by atoms with Crippen LogP contribution in [0.4, 0.5) is 11.4 Å². The van der Waals surface area contributed by atoms with Crippen molar-refractivity contribution >= 4 is 23.2 Å². The van der Waals surface area contributed by atoms with Crippen LogP contribution in [-0.4, -0.2) is 32.6 Å². The first-order valence-electron chi connectivity index (χ1n) is 9.11. The van der Waals surface area contributed by atoms with Gasteiger partial charge < -0.3 is 24.8 Å². The molecule has 3 rings (SSSR count). The topological polar surface area (TPSA) is 85.9 Å². The van der Waals surface area contributed by atoms with Crippen molar-refractivity contribution in [1.82, 2.24) is 0 Å². The van der Waals surface area contributed by atoms with Gasteiger partial charge in [-0.05, 0) is 44.0 Å². The first-order chi connectivity index (χ1) is 13.5. The highest BCUT2D eigenvalue weighted by molar-refractivity contribution is 6.17. The Morgan fingerprint density at radius 1 is 0.929 bits per heavy atom. The van der Waals surface area contributed by atoms with Crippen LogP contribution < -0.4 is 24.8 Å². The highest BCUT2D eigenvalue weighted by atomic mass is 16.5. The molecule has 0 atom stereocenters. The number of carbonyl (C=O) groups excluding carboxylic acids is 2. The van der Waals surface area contributed by atoms with E-state index in [1.54, 1.807) is 43.5 Å². The molecule has 0 aromatic heterocycles. The minimum Gasteiger partial charge on any atom is -0.497 e. The zero-order chi connectivity index (χ0) is 20.1. The van der Waals surface area contributed by atoms with Gasteiger partial charge in [-0.25, -0.2) is 0 Å². The van der Waals surface area contributed by atoms with E-state index in [0.717, 1.165) is 0 Å². The van der Waals surface area contributed by atoms with E-state index in [1.807, 2.05) is 13.0 Å². The van der Waals surface area contributed by atoms with Gasteiger partial charge in [0.05, 0.1) is 32.2 Å². The van der Waals surface area contributed by atoms with Crippen molar-refractivity contribution < 1.29 is 23.8 Å². The number of amides is 2. The maximum absolute atomic E-state index is 12.9. The molecule has 1 fully saturated rings. The molecule has 148 valence electrons. The van der Waals surface area contributed by atoms with Gasteiger partial charge in [0.2, 0.25) is 11.8 Å². The third-order valence-corrected chi connectivity index (χ3v) is 4.71. The number of hydrogen-bond donors (Lipinski definition) is 2. The lowest BCUT2D eigenvalue weighted by molar-refractivity contribution is -0.131. The van der Waals surface area contributed by atoms with Gasteiger partial charge in [-0.15, -0.1) is 0 Å². The van der Waals surface area contributed by atoms with Crippen molar-refractivity contribution in [1.29, 1.82) is 0 Å². The fourth-order valence-electron chi connectivity index (χ4n) is 2.92. The summed E-state index contributed by atoms with van der Waals surface area (Å²) in [5.74, 6) is 0.949. The highest BCUT2D eigenvalue weighted by Crippen LogP contribution is 2.48. The Bertz CT molecular complexity index is 877. The van der Waals surface area contributed by atoms with Gasteiger partial charge >= 0.3 is 0 Å². The molecule has 28 heavy (non-hydrogen) atoms. The third kappa shape index (κ3) is 3.88. The van der Waals surface area contributed by atoms with Gasteiger partial charge in [0.1, 0.15) is 22.7 Å². The predicted molar refractivity (Wildman–Crippen MR) is 106 cm³/mol. The number of rotatable bonds is 8. The number of carbonyl (C=O) groups is 2. The van der Waals surface area contributed by atoms with Gasteiger partial charge in [0.15, 0.2) is 0 Å². The van der Waals surface area contributed by atoms with Crippen LogP contribution in [0.5, 0.6) is 17.2 Å². The summed E-state index contributed by atoms with van der Waals surface area (Å²) in [7, 11) is 3.06. The molecule has 2 aromatic carbocycles. The largest absolute Gasteiger partial charge is 0.497 e. The summed E-state index contributed by atoms with van der Waals surface area (Å²) in [6, 6.07) is 12.2. The monoisotopic (exact) mass is 384 g/mol. The summed E-state index contributed by atoms with van der Waals surface area (Å²) in [5.41, 5.74) is -0.0536. The standard InChI is InChI=1S/C21H24N2O5/c1-4-28-17-8-6-5-7-15(17)22-19(24)21(11-12-21)20(25)23-16-10-9-14(26-2)13-18(16)27-3/h5-10,13H,4,11-12H2,1-3H3,(H,22,24)(H,23,25). The Labute approximate surface area is 164 Å². The maximum Gasteiger partial charge on any atom is 0.240 e. The number of ether oxygens (including phenoxy) is 3. The number of nitrogens with one attached hydrogen (secondary N) is 2. The molecular weight excluding hydrogens is 360 g/mol. The van der Waals surface area contributed by atoms with Gasteiger partial charge in [-0.3, -0.25) is 9.59 Å². The molecule has 0 unspecified atom stereocenters. The number of para-hydroxylation sites is 2. The SMILES string of the molecule is CCOc1ccccc1NC(=O)C1(C(=O)Nc2ccc(OC)cc2OC)CC1. The van der Waals surface area contributed by atoms with Crippen LogP contribution in [0.15, 0.2) is 42.5 Å². The molecule has 0 heterocycles. The smallest absolute Gasteiger partial charge is 0.240 e. The highest BCUT2D eigenvalue weighted by Gasteiger charge is 2.56. The van der Waals surface area contributed by atoms with E-state index in [0.29, 0.717) is 48.1 Å². The van der Waals surface area contributed by atoms with Crippen molar-refractivity contribution in [3.8, 4) is 17.2 Å². The van der Waals surface area contributed by atoms with E-state index in [4.69, 9.17) is 14.2 Å². The quantitative estimate of drug-likeness (QED) is 0.681. The first-order valence-corrected chi connectivity index (χ1v) is 9.11. The summed E-state index contributed by atoms with van der Waals surface area (Å²) in [5, 5.41) is 5.65. The number of anilines is 2. The van der Waals surface area contributed by atoms with Crippen molar-refractivity contribution in [2.75, 3.05) is 31.5 Å². The molecule has 7 nitrogen and oxygen atoms in total. The zero-order valence-electron chi connectivity index (χ0n) is 16.2. The Hall–Kier alpha value is -3.22. The van der Waals surface area contributed by atoms with Gasteiger partial charge in [-0.1, -0.05) is 12.1 Å².